The van der Waals surface area contributed by atoms with Crippen LogP contribution in [0, 0.1) is 0 Å². The molecule has 0 saturated heterocycles. The van der Waals surface area contributed by atoms with Crippen molar-refractivity contribution in [3.05, 3.63) is 0 Å². The number of carbonyl (C=O) groups is 2. The Bertz CT molecular complexity index is 229. The Balaban J connectivity index is 3.81. The predicted octanol–water partition coefficient (Wildman–Crippen LogP) is 0.132. The van der Waals surface area contributed by atoms with E-state index < -0.39 is 6.10 Å². The third-order valence-corrected chi connectivity index (χ3v) is 2.15. The molecule has 16 heavy (non-hydrogen) atoms. The zero-order valence-corrected chi connectivity index (χ0v) is 10.3. The molecule has 0 aromatic carbocycles. The summed E-state index contributed by atoms with van der Waals surface area (Å²) >= 11 is 0. The number of hydrogen-bond acceptors (Lipinski definition) is 3. The molecule has 0 rings (SSSR count). The monoisotopic (exact) mass is 230 g/mol. The molecule has 2 N–H and O–H groups in total. The Labute approximate surface area is 96.8 Å². The van der Waals surface area contributed by atoms with Crippen molar-refractivity contribution in [2.45, 2.75) is 39.2 Å². The first-order chi connectivity index (χ1) is 7.47. The molecule has 1 atom stereocenters. The molecule has 0 radical (unpaired) electrons. The van der Waals surface area contributed by atoms with E-state index in [-0.39, 0.29) is 24.8 Å². The van der Waals surface area contributed by atoms with Crippen LogP contribution in [0.3, 0.4) is 0 Å². The molecule has 0 fully saturated rings. The number of rotatable bonds is 7. The summed E-state index contributed by atoms with van der Waals surface area (Å²) in [6, 6.07) is 0. The Morgan fingerprint density at radius 2 is 2.06 bits per heavy atom. The van der Waals surface area contributed by atoms with E-state index in [0.29, 0.717) is 13.0 Å². The van der Waals surface area contributed by atoms with Crippen LogP contribution in [0.5, 0.6) is 0 Å². The van der Waals surface area contributed by atoms with Crippen molar-refractivity contribution in [3.8, 4) is 0 Å². The molecule has 5 nitrogen and oxygen atoms in total. The highest BCUT2D eigenvalue weighted by Crippen LogP contribution is 1.99. The number of aliphatic hydroxyl groups excluding tert-OH is 1. The average Bonchev–Trinajstić information content (AvgIpc) is 2.22. The second kappa shape index (κ2) is 8.10. The van der Waals surface area contributed by atoms with Gasteiger partial charge in [0.15, 0.2) is 0 Å². The molecule has 0 saturated carbocycles. The van der Waals surface area contributed by atoms with Crippen LogP contribution < -0.4 is 5.32 Å². The summed E-state index contributed by atoms with van der Waals surface area (Å²) in [5, 5.41) is 11.7. The predicted molar refractivity (Wildman–Crippen MR) is 61.9 cm³/mol. The normalized spacial score (nSPS) is 12.0. The molecule has 0 aromatic heterocycles. The zero-order valence-electron chi connectivity index (χ0n) is 10.3. The van der Waals surface area contributed by atoms with Gasteiger partial charge in [-0.3, -0.25) is 9.59 Å². The van der Waals surface area contributed by atoms with Crippen molar-refractivity contribution in [1.82, 2.24) is 10.2 Å². The summed E-state index contributed by atoms with van der Waals surface area (Å²) in [5.41, 5.74) is 0. The lowest BCUT2D eigenvalue weighted by Gasteiger charge is -2.17. The molecule has 0 bridgehead atoms. The number of nitrogens with one attached hydrogen (secondary N) is 1. The first-order valence-corrected chi connectivity index (χ1v) is 5.66. The minimum atomic E-state index is -0.480. The van der Waals surface area contributed by atoms with E-state index in [1.165, 1.54) is 4.90 Å². The lowest BCUT2D eigenvalue weighted by Crippen LogP contribution is -2.38. The number of likely N-dealkylation sites (N-methyl/N-ethyl adjacent to an activating group) is 1. The molecule has 0 aliphatic rings. The SMILES string of the molecule is CCCNC(=O)CN(C)C(=O)CCC(C)O. The van der Waals surface area contributed by atoms with Crippen molar-refractivity contribution in [3.63, 3.8) is 0 Å². The first kappa shape index (κ1) is 14.9. The molecule has 0 spiro atoms. The van der Waals surface area contributed by atoms with Gasteiger partial charge in [-0.25, -0.2) is 0 Å². The topological polar surface area (TPSA) is 69.6 Å². The van der Waals surface area contributed by atoms with Gasteiger partial charge in [0.1, 0.15) is 0 Å². The number of hydrogen-bond donors (Lipinski definition) is 2. The van der Waals surface area contributed by atoms with Crippen LogP contribution in [0.15, 0.2) is 0 Å². The Morgan fingerprint density at radius 1 is 1.44 bits per heavy atom. The van der Waals surface area contributed by atoms with Crippen molar-refractivity contribution in [2.24, 2.45) is 0 Å². The van der Waals surface area contributed by atoms with Crippen LogP contribution in [0.4, 0.5) is 0 Å². The molecule has 94 valence electrons. The third-order valence-electron chi connectivity index (χ3n) is 2.15. The summed E-state index contributed by atoms with van der Waals surface area (Å²) in [6.07, 6.45) is 1.10. The maximum absolute atomic E-state index is 11.5. The molecule has 0 heterocycles. The fourth-order valence-electron chi connectivity index (χ4n) is 1.15. The molecule has 1 unspecified atom stereocenters. The van der Waals surface area contributed by atoms with Gasteiger partial charge in [-0.2, -0.15) is 0 Å². The highest BCUT2D eigenvalue weighted by molar-refractivity contribution is 5.84. The van der Waals surface area contributed by atoms with E-state index in [0.717, 1.165) is 6.42 Å². The van der Waals surface area contributed by atoms with Crippen molar-refractivity contribution < 1.29 is 14.7 Å². The van der Waals surface area contributed by atoms with Gasteiger partial charge in [-0.15, -0.1) is 0 Å². The number of carbonyl (C=O) groups excluding carboxylic acids is 2. The van der Waals surface area contributed by atoms with E-state index >= 15 is 0 Å². The van der Waals surface area contributed by atoms with Gasteiger partial charge < -0.3 is 15.3 Å². The quantitative estimate of drug-likeness (QED) is 0.653. The molecule has 0 aromatic rings. The van der Waals surface area contributed by atoms with Crippen LogP contribution in [-0.2, 0) is 9.59 Å². The molecular formula is C11H22N2O3. The van der Waals surface area contributed by atoms with Gasteiger partial charge in [0, 0.05) is 20.0 Å². The van der Waals surface area contributed by atoms with E-state index in [9.17, 15) is 9.59 Å². The van der Waals surface area contributed by atoms with Gasteiger partial charge in [0.05, 0.1) is 12.6 Å². The van der Waals surface area contributed by atoms with Gasteiger partial charge in [-0.05, 0) is 19.8 Å². The highest BCUT2D eigenvalue weighted by Gasteiger charge is 2.12. The van der Waals surface area contributed by atoms with Crippen molar-refractivity contribution in [1.29, 1.82) is 0 Å². The van der Waals surface area contributed by atoms with E-state index in [2.05, 4.69) is 5.32 Å². The molecule has 0 aliphatic carbocycles. The van der Waals surface area contributed by atoms with Gasteiger partial charge in [0.25, 0.3) is 0 Å². The van der Waals surface area contributed by atoms with Gasteiger partial charge in [-0.1, -0.05) is 6.92 Å². The molecular weight excluding hydrogens is 208 g/mol. The summed E-state index contributed by atoms with van der Waals surface area (Å²) < 4.78 is 0. The second-order valence-electron chi connectivity index (χ2n) is 3.99. The van der Waals surface area contributed by atoms with Crippen LogP contribution in [0.25, 0.3) is 0 Å². The lowest BCUT2D eigenvalue weighted by atomic mass is 10.2. The summed E-state index contributed by atoms with van der Waals surface area (Å²) in [7, 11) is 1.59. The summed E-state index contributed by atoms with van der Waals surface area (Å²) in [4.78, 5) is 24.2. The number of nitrogens with zero attached hydrogens (tertiary/aromatic N) is 1. The summed E-state index contributed by atoms with van der Waals surface area (Å²) in [5.74, 6) is -0.262. The Morgan fingerprint density at radius 3 is 2.56 bits per heavy atom. The van der Waals surface area contributed by atoms with E-state index in [1.807, 2.05) is 6.92 Å². The van der Waals surface area contributed by atoms with E-state index in [4.69, 9.17) is 5.11 Å². The molecule has 2 amide bonds. The maximum atomic E-state index is 11.5. The van der Waals surface area contributed by atoms with Crippen LogP contribution in [0.1, 0.15) is 33.1 Å². The standard InChI is InChI=1S/C11H22N2O3/c1-4-7-12-10(15)8-13(3)11(16)6-5-9(2)14/h9,14H,4-8H2,1-3H3,(H,12,15). The minimum absolute atomic E-state index is 0.0820. The second-order valence-corrected chi connectivity index (χ2v) is 3.99. The summed E-state index contributed by atoms with van der Waals surface area (Å²) in [6.45, 7) is 4.33. The maximum Gasteiger partial charge on any atom is 0.239 e. The number of aliphatic hydroxyl groups is 1. The minimum Gasteiger partial charge on any atom is -0.393 e. The van der Waals surface area contributed by atoms with E-state index in [1.54, 1.807) is 14.0 Å². The largest absolute Gasteiger partial charge is 0.393 e. The number of amides is 2. The van der Waals surface area contributed by atoms with Crippen molar-refractivity contribution >= 4 is 11.8 Å². The Kier molecular flexibility index (Phi) is 7.54. The van der Waals surface area contributed by atoms with Gasteiger partial charge >= 0.3 is 0 Å². The molecule has 0 aliphatic heterocycles. The van der Waals surface area contributed by atoms with Crippen LogP contribution in [-0.4, -0.2) is 48.1 Å². The van der Waals surface area contributed by atoms with Crippen LogP contribution in [0.2, 0.25) is 0 Å². The highest BCUT2D eigenvalue weighted by atomic mass is 16.3. The Hall–Kier alpha value is -1.10. The zero-order chi connectivity index (χ0) is 12.6. The van der Waals surface area contributed by atoms with Gasteiger partial charge in [0.2, 0.25) is 11.8 Å². The lowest BCUT2D eigenvalue weighted by molar-refractivity contribution is -0.135. The smallest absolute Gasteiger partial charge is 0.239 e. The average molecular weight is 230 g/mol. The fourth-order valence-corrected chi connectivity index (χ4v) is 1.15. The van der Waals surface area contributed by atoms with Crippen LogP contribution >= 0.6 is 0 Å². The molecule has 5 heteroatoms. The fraction of sp³-hybridized carbons (Fsp3) is 0.818. The third kappa shape index (κ3) is 7.23. The van der Waals surface area contributed by atoms with Crippen molar-refractivity contribution in [2.75, 3.05) is 20.1 Å². The first-order valence-electron chi connectivity index (χ1n) is 5.66.